The van der Waals surface area contributed by atoms with Crippen molar-refractivity contribution in [3.8, 4) is 0 Å². The van der Waals surface area contributed by atoms with Crippen LogP contribution in [0, 0.1) is 46.3 Å². The third kappa shape index (κ3) is 3.46. The van der Waals surface area contributed by atoms with E-state index >= 15 is 0 Å². The van der Waals surface area contributed by atoms with Crippen LogP contribution in [-0.4, -0.2) is 51.9 Å². The molecule has 3 saturated heterocycles. The van der Waals surface area contributed by atoms with E-state index in [9.17, 15) is 9.59 Å². The number of carbonyl (C=O) groups is 2. The summed E-state index contributed by atoms with van der Waals surface area (Å²) in [7, 11) is 0. The van der Waals surface area contributed by atoms with Gasteiger partial charge < -0.3 is 14.2 Å². The Morgan fingerprint density at radius 3 is 2.55 bits per heavy atom. The molecule has 5 nitrogen and oxygen atoms in total. The maximum absolute atomic E-state index is 13.3. The van der Waals surface area contributed by atoms with Gasteiger partial charge in [0.2, 0.25) is 0 Å². The summed E-state index contributed by atoms with van der Waals surface area (Å²) in [5.41, 5.74) is 1.22. The molecular formula is C31H44O5S2. The smallest absolute Gasteiger partial charge is 0.302 e. The SMILES string of the molecule is CC(=O)OC1CC2C(CCC3=CC(=O)C4(C[C@@]32C)SCCS4)C2CC3OC4(CCC(C)CO4)[C@@H](C)C3[C@@]12C. The summed E-state index contributed by atoms with van der Waals surface area (Å²) in [5.74, 6) is 4.44. The van der Waals surface area contributed by atoms with Crippen LogP contribution in [0.15, 0.2) is 11.6 Å². The summed E-state index contributed by atoms with van der Waals surface area (Å²) >= 11 is 3.75. The van der Waals surface area contributed by atoms with Crippen molar-refractivity contribution in [3.05, 3.63) is 11.6 Å². The second-order valence-electron chi connectivity index (χ2n) is 14.2. The Labute approximate surface area is 236 Å². The highest BCUT2D eigenvalue weighted by Crippen LogP contribution is 2.72. The monoisotopic (exact) mass is 560 g/mol. The number of ketones is 1. The molecule has 38 heavy (non-hydrogen) atoms. The Bertz CT molecular complexity index is 1060. The molecule has 0 radical (unpaired) electrons. The number of fused-ring (bicyclic) bond motifs is 7. The highest BCUT2D eigenvalue weighted by molar-refractivity contribution is 8.22. The quantitative estimate of drug-likeness (QED) is 0.351. The van der Waals surface area contributed by atoms with E-state index in [1.54, 1.807) is 6.92 Å². The number of esters is 1. The molecule has 0 bridgehead atoms. The number of hydrogen-bond donors (Lipinski definition) is 0. The molecule has 4 aliphatic carbocycles. The normalized spacial score (nSPS) is 52.8. The number of ether oxygens (including phenoxy) is 3. The lowest BCUT2D eigenvalue weighted by Gasteiger charge is -2.61. The fraction of sp³-hybridized carbons (Fsp3) is 0.871. The lowest BCUT2D eigenvalue weighted by Crippen LogP contribution is -2.60. The highest BCUT2D eigenvalue weighted by atomic mass is 32.2. The third-order valence-electron chi connectivity index (χ3n) is 12.4. The van der Waals surface area contributed by atoms with Gasteiger partial charge in [0.1, 0.15) is 10.2 Å². The first-order valence-corrected chi connectivity index (χ1v) is 17.0. The summed E-state index contributed by atoms with van der Waals surface area (Å²) in [4.78, 5) is 25.9. The number of hydrogen-bond acceptors (Lipinski definition) is 7. The molecule has 0 aromatic heterocycles. The average molecular weight is 561 g/mol. The van der Waals surface area contributed by atoms with Crippen molar-refractivity contribution in [1.29, 1.82) is 0 Å². The summed E-state index contributed by atoms with van der Waals surface area (Å²) in [6.07, 6.45) is 9.19. The first-order valence-electron chi connectivity index (χ1n) is 15.0. The Kier molecular flexibility index (Phi) is 6.08. The fourth-order valence-corrected chi connectivity index (χ4v) is 14.0. The van der Waals surface area contributed by atoms with Gasteiger partial charge >= 0.3 is 5.97 Å². The van der Waals surface area contributed by atoms with Gasteiger partial charge in [-0.3, -0.25) is 9.59 Å². The van der Waals surface area contributed by atoms with E-state index in [1.807, 2.05) is 29.6 Å². The van der Waals surface area contributed by atoms with Gasteiger partial charge in [-0.05, 0) is 73.7 Å². The summed E-state index contributed by atoms with van der Waals surface area (Å²) < 4.78 is 19.5. The van der Waals surface area contributed by atoms with Crippen molar-refractivity contribution in [2.45, 2.75) is 102 Å². The molecule has 0 aromatic carbocycles. The van der Waals surface area contributed by atoms with Gasteiger partial charge in [-0.15, -0.1) is 23.5 Å². The van der Waals surface area contributed by atoms with Gasteiger partial charge in [0.05, 0.1) is 12.7 Å². The van der Waals surface area contributed by atoms with E-state index in [1.165, 1.54) is 5.57 Å². The van der Waals surface area contributed by atoms with Gasteiger partial charge in [0, 0.05) is 42.1 Å². The molecular weight excluding hydrogens is 516 g/mol. The van der Waals surface area contributed by atoms with Crippen molar-refractivity contribution in [2.24, 2.45) is 46.3 Å². The molecule has 3 saturated carbocycles. The van der Waals surface area contributed by atoms with Gasteiger partial charge in [0.15, 0.2) is 11.6 Å². The minimum atomic E-state index is -0.477. The van der Waals surface area contributed by atoms with Crippen LogP contribution in [0.25, 0.3) is 0 Å². The Balaban J connectivity index is 1.25. The first kappa shape index (κ1) is 26.4. The van der Waals surface area contributed by atoms with E-state index in [0.717, 1.165) is 63.1 Å². The van der Waals surface area contributed by atoms with Crippen LogP contribution in [0.2, 0.25) is 0 Å². The second-order valence-corrected chi connectivity index (χ2v) is 17.2. The third-order valence-corrected chi connectivity index (χ3v) is 15.8. The Hall–Kier alpha value is -0.500. The number of allylic oxidation sites excluding steroid dienone is 1. The van der Waals surface area contributed by atoms with E-state index in [-0.39, 0.29) is 39.0 Å². The van der Waals surface area contributed by atoms with Crippen LogP contribution in [0.1, 0.15) is 79.6 Å². The molecule has 3 aliphatic heterocycles. The molecule has 7 rings (SSSR count). The first-order chi connectivity index (χ1) is 18.0. The van der Waals surface area contributed by atoms with E-state index < -0.39 is 5.79 Å². The van der Waals surface area contributed by atoms with Crippen LogP contribution in [-0.2, 0) is 23.8 Å². The Morgan fingerprint density at radius 1 is 1.11 bits per heavy atom. The second kappa shape index (κ2) is 8.75. The zero-order chi connectivity index (χ0) is 26.7. The number of thioether (sulfide) groups is 2. The topological polar surface area (TPSA) is 61.8 Å². The summed E-state index contributed by atoms with van der Waals surface area (Å²) in [6, 6.07) is 0. The predicted molar refractivity (Wildman–Crippen MR) is 151 cm³/mol. The Morgan fingerprint density at radius 2 is 1.87 bits per heavy atom. The summed E-state index contributed by atoms with van der Waals surface area (Å²) in [5, 5.41) is 0. The minimum absolute atomic E-state index is 0.0189. The van der Waals surface area contributed by atoms with Gasteiger partial charge in [-0.2, -0.15) is 0 Å². The van der Waals surface area contributed by atoms with Gasteiger partial charge in [-0.25, -0.2) is 0 Å². The van der Waals surface area contributed by atoms with Crippen LogP contribution >= 0.6 is 23.5 Å². The standard InChI is InChI=1S/C31H44O5S2/c1-17-8-9-30(34-15-17)18(2)27-24(36-30)13-23-21-7-6-20-12-25(33)31(37-10-11-38-31)16-28(20,4)22(21)14-26(29(23,27)5)35-19(3)32/h12,17-18,21-24,26-27H,6-11,13-16H2,1-5H3/t17?,18-,21?,22?,23?,24?,26?,27?,28-,29+,30?/m0/s1. The largest absolute Gasteiger partial charge is 0.462 e. The molecule has 11 atom stereocenters. The summed E-state index contributed by atoms with van der Waals surface area (Å²) in [6.45, 7) is 11.8. The van der Waals surface area contributed by atoms with Crippen molar-refractivity contribution in [3.63, 3.8) is 0 Å². The van der Waals surface area contributed by atoms with Crippen LogP contribution < -0.4 is 0 Å². The lowest BCUT2D eigenvalue weighted by atomic mass is 9.45. The number of rotatable bonds is 1. The van der Waals surface area contributed by atoms with Gasteiger partial charge in [0.25, 0.3) is 0 Å². The molecule has 2 spiro atoms. The van der Waals surface area contributed by atoms with Crippen molar-refractivity contribution in [2.75, 3.05) is 18.1 Å². The van der Waals surface area contributed by atoms with Crippen molar-refractivity contribution < 1.29 is 23.8 Å². The molecule has 0 amide bonds. The van der Waals surface area contributed by atoms with Crippen molar-refractivity contribution >= 4 is 35.3 Å². The molecule has 0 aromatic rings. The number of carbonyl (C=O) groups excluding carboxylic acids is 2. The van der Waals surface area contributed by atoms with E-state index in [0.29, 0.717) is 35.4 Å². The van der Waals surface area contributed by atoms with Crippen LogP contribution in [0.4, 0.5) is 0 Å². The molecule has 6 fully saturated rings. The van der Waals surface area contributed by atoms with Crippen LogP contribution in [0.5, 0.6) is 0 Å². The zero-order valence-corrected chi connectivity index (χ0v) is 25.3. The molecule has 8 unspecified atom stereocenters. The molecule has 7 aliphatic rings. The average Bonchev–Trinajstić information content (AvgIpc) is 3.52. The fourth-order valence-electron chi connectivity index (χ4n) is 10.7. The van der Waals surface area contributed by atoms with Crippen LogP contribution in [0.3, 0.4) is 0 Å². The molecule has 3 heterocycles. The van der Waals surface area contributed by atoms with E-state index in [2.05, 4.69) is 27.7 Å². The molecule has 0 N–H and O–H groups in total. The maximum atomic E-state index is 13.3. The van der Waals surface area contributed by atoms with Crippen molar-refractivity contribution in [1.82, 2.24) is 0 Å². The zero-order valence-electron chi connectivity index (χ0n) is 23.6. The predicted octanol–water partition coefficient (Wildman–Crippen LogP) is 6.25. The molecule has 210 valence electrons. The minimum Gasteiger partial charge on any atom is -0.462 e. The van der Waals surface area contributed by atoms with Gasteiger partial charge in [-0.1, -0.05) is 33.3 Å². The van der Waals surface area contributed by atoms with E-state index in [4.69, 9.17) is 14.2 Å². The lowest BCUT2D eigenvalue weighted by molar-refractivity contribution is -0.274. The highest BCUT2D eigenvalue weighted by Gasteiger charge is 2.72. The maximum Gasteiger partial charge on any atom is 0.302 e. The molecule has 7 heteroatoms.